The summed E-state index contributed by atoms with van der Waals surface area (Å²) in [6.07, 6.45) is -0.353. The Morgan fingerprint density at radius 2 is 1.81 bits per heavy atom. The van der Waals surface area contributed by atoms with E-state index in [1.54, 1.807) is 6.07 Å². The maximum Gasteiger partial charge on any atom is 0.336 e. The summed E-state index contributed by atoms with van der Waals surface area (Å²) in [5, 5.41) is 0.534. The molecular weight excluding hydrogens is 364 g/mol. The minimum Gasteiger partial charge on any atom is -0.423 e. The second kappa shape index (κ2) is 5.63. The fourth-order valence-electron chi connectivity index (χ4n) is 2.91. The van der Waals surface area contributed by atoms with Crippen molar-refractivity contribution in [3.8, 4) is 0 Å². The predicted molar refractivity (Wildman–Crippen MR) is 92.0 cm³/mol. The van der Waals surface area contributed by atoms with Gasteiger partial charge in [0.05, 0.1) is 10.8 Å². The van der Waals surface area contributed by atoms with Crippen LogP contribution in [0.3, 0.4) is 0 Å². The van der Waals surface area contributed by atoms with Gasteiger partial charge in [-0.15, -0.1) is 0 Å². The Balaban J connectivity index is 1.70. The lowest BCUT2D eigenvalue weighted by atomic mass is 10.1. The highest BCUT2D eigenvalue weighted by atomic mass is 32.2. The van der Waals surface area contributed by atoms with Gasteiger partial charge in [-0.25, -0.2) is 22.0 Å². The first-order chi connectivity index (χ1) is 12.3. The molecule has 1 atom stereocenters. The largest absolute Gasteiger partial charge is 0.423 e. The van der Waals surface area contributed by atoms with Gasteiger partial charge in [0.1, 0.15) is 5.58 Å². The monoisotopic (exact) mass is 377 g/mol. The van der Waals surface area contributed by atoms with Gasteiger partial charge in [0.25, 0.3) is 15.9 Å². The van der Waals surface area contributed by atoms with E-state index in [0.717, 1.165) is 0 Å². The Bertz CT molecular complexity index is 1170. The van der Waals surface area contributed by atoms with E-state index in [9.17, 15) is 22.0 Å². The van der Waals surface area contributed by atoms with Gasteiger partial charge >= 0.3 is 5.63 Å². The van der Waals surface area contributed by atoms with Crippen LogP contribution in [0.5, 0.6) is 0 Å². The summed E-state index contributed by atoms with van der Waals surface area (Å²) >= 11 is 0. The lowest BCUT2D eigenvalue weighted by molar-refractivity contribution is 0.111. The van der Waals surface area contributed by atoms with Crippen molar-refractivity contribution in [3.63, 3.8) is 0 Å². The molecule has 0 spiro atoms. The summed E-state index contributed by atoms with van der Waals surface area (Å²) in [4.78, 5) is 11.0. The second-order valence-corrected chi connectivity index (χ2v) is 7.82. The number of benzene rings is 2. The van der Waals surface area contributed by atoms with E-state index >= 15 is 0 Å². The van der Waals surface area contributed by atoms with E-state index < -0.39 is 27.5 Å². The van der Waals surface area contributed by atoms with Gasteiger partial charge in [-0.2, -0.15) is 0 Å². The number of nitrogens with one attached hydrogen (secondary N) is 1. The predicted octanol–water partition coefficient (Wildman–Crippen LogP) is 3.72. The van der Waals surface area contributed by atoms with Crippen LogP contribution in [0.4, 0.5) is 14.5 Å². The molecule has 0 bridgehead atoms. The Hall–Kier alpha value is -2.74. The topological polar surface area (TPSA) is 76.4 Å². The van der Waals surface area contributed by atoms with Gasteiger partial charge in [0.15, 0.2) is 0 Å². The molecule has 4 rings (SSSR count). The third-order valence-corrected chi connectivity index (χ3v) is 5.74. The minimum atomic E-state index is -4.05. The number of fused-ring (bicyclic) bond motifs is 1. The summed E-state index contributed by atoms with van der Waals surface area (Å²) in [6.45, 7) is 0. The molecule has 1 unspecified atom stereocenters. The number of sulfonamides is 1. The maximum absolute atomic E-state index is 13.4. The van der Waals surface area contributed by atoms with Crippen LogP contribution in [0.2, 0.25) is 0 Å². The van der Waals surface area contributed by atoms with Gasteiger partial charge in [-0.1, -0.05) is 18.2 Å². The Morgan fingerprint density at radius 1 is 1.08 bits per heavy atom. The third kappa shape index (κ3) is 2.96. The number of anilines is 1. The van der Waals surface area contributed by atoms with Crippen molar-refractivity contribution < 1.29 is 21.6 Å². The van der Waals surface area contributed by atoms with Gasteiger partial charge < -0.3 is 4.42 Å². The molecule has 3 aromatic rings. The van der Waals surface area contributed by atoms with Crippen molar-refractivity contribution in [2.45, 2.75) is 23.2 Å². The summed E-state index contributed by atoms with van der Waals surface area (Å²) in [6, 6.07) is 12.9. The summed E-state index contributed by atoms with van der Waals surface area (Å²) in [5.41, 5.74) is 0.157. The van der Waals surface area contributed by atoms with Gasteiger partial charge in [-0.05, 0) is 35.9 Å². The molecule has 1 N–H and O–H groups in total. The first-order valence-corrected chi connectivity index (χ1v) is 9.28. The van der Waals surface area contributed by atoms with Gasteiger partial charge in [-0.3, -0.25) is 4.72 Å². The average molecular weight is 377 g/mol. The van der Waals surface area contributed by atoms with Crippen LogP contribution >= 0.6 is 0 Å². The van der Waals surface area contributed by atoms with E-state index in [1.165, 1.54) is 48.5 Å². The highest BCUT2D eigenvalue weighted by Gasteiger charge is 2.58. The van der Waals surface area contributed by atoms with Gasteiger partial charge in [0.2, 0.25) is 0 Å². The average Bonchev–Trinajstić information content (AvgIpc) is 3.23. The van der Waals surface area contributed by atoms with Crippen molar-refractivity contribution in [2.24, 2.45) is 0 Å². The molecule has 0 saturated heterocycles. The SMILES string of the molecule is O=c1ccc2cc(NS(=O)(=O)c3ccccc3C3CC3(F)F)ccc2o1. The van der Waals surface area contributed by atoms with Gasteiger partial charge in [0, 0.05) is 23.6 Å². The van der Waals surface area contributed by atoms with Crippen LogP contribution < -0.4 is 10.3 Å². The zero-order valence-electron chi connectivity index (χ0n) is 13.3. The smallest absolute Gasteiger partial charge is 0.336 e. The van der Waals surface area contributed by atoms with Crippen LogP contribution in [-0.4, -0.2) is 14.3 Å². The van der Waals surface area contributed by atoms with Crippen molar-refractivity contribution in [3.05, 3.63) is 70.6 Å². The molecule has 0 aliphatic heterocycles. The standard InChI is InChI=1S/C18H13F2NO4S/c19-18(20)10-14(18)13-3-1-2-4-16(13)26(23,24)21-12-6-7-15-11(9-12)5-8-17(22)25-15/h1-9,14,21H,10H2. The Kier molecular flexibility index (Phi) is 3.62. The van der Waals surface area contributed by atoms with Crippen molar-refractivity contribution >= 4 is 26.7 Å². The molecule has 1 aliphatic rings. The summed E-state index contributed by atoms with van der Waals surface area (Å²) in [5.74, 6) is -3.95. The minimum absolute atomic E-state index is 0.108. The molecular formula is C18H13F2NO4S. The summed E-state index contributed by atoms with van der Waals surface area (Å²) in [7, 11) is -4.05. The molecule has 26 heavy (non-hydrogen) atoms. The Morgan fingerprint density at radius 3 is 2.54 bits per heavy atom. The first-order valence-electron chi connectivity index (χ1n) is 7.80. The van der Waals surface area contributed by atoms with E-state index in [-0.39, 0.29) is 22.6 Å². The number of hydrogen-bond acceptors (Lipinski definition) is 4. The number of hydrogen-bond donors (Lipinski definition) is 1. The van der Waals surface area contributed by atoms with Crippen LogP contribution in [-0.2, 0) is 10.0 Å². The molecule has 1 aliphatic carbocycles. The van der Waals surface area contributed by atoms with Crippen LogP contribution in [0, 0.1) is 0 Å². The second-order valence-electron chi connectivity index (χ2n) is 6.17. The van der Waals surface area contributed by atoms with Crippen molar-refractivity contribution in [2.75, 3.05) is 4.72 Å². The molecule has 5 nitrogen and oxygen atoms in total. The molecule has 2 aromatic carbocycles. The third-order valence-electron chi connectivity index (χ3n) is 4.28. The molecule has 1 aromatic heterocycles. The van der Waals surface area contributed by atoms with E-state index in [2.05, 4.69) is 4.72 Å². The highest BCUT2D eigenvalue weighted by molar-refractivity contribution is 7.92. The molecule has 0 radical (unpaired) electrons. The molecule has 0 amide bonds. The lowest BCUT2D eigenvalue weighted by Crippen LogP contribution is -2.15. The van der Waals surface area contributed by atoms with Crippen molar-refractivity contribution in [1.29, 1.82) is 0 Å². The molecule has 1 saturated carbocycles. The number of halogens is 2. The molecule has 1 fully saturated rings. The van der Waals surface area contributed by atoms with Crippen LogP contribution in [0.15, 0.2) is 68.7 Å². The first kappa shape index (κ1) is 16.7. The fraction of sp³-hybridized carbons (Fsp3) is 0.167. The molecule has 8 heteroatoms. The highest BCUT2D eigenvalue weighted by Crippen LogP contribution is 2.56. The Labute approximate surface area is 147 Å². The zero-order valence-corrected chi connectivity index (χ0v) is 14.1. The van der Waals surface area contributed by atoms with E-state index in [4.69, 9.17) is 4.42 Å². The molecule has 134 valence electrons. The number of alkyl halides is 2. The van der Waals surface area contributed by atoms with Crippen molar-refractivity contribution in [1.82, 2.24) is 0 Å². The quantitative estimate of drug-likeness (QED) is 0.703. The maximum atomic E-state index is 13.4. The van der Waals surface area contributed by atoms with E-state index in [0.29, 0.717) is 11.0 Å². The fourth-order valence-corrected chi connectivity index (χ4v) is 4.23. The van der Waals surface area contributed by atoms with Crippen LogP contribution in [0.25, 0.3) is 11.0 Å². The number of rotatable bonds is 4. The normalized spacial score (nSPS) is 18.6. The summed E-state index contributed by atoms with van der Waals surface area (Å²) < 4.78 is 59.7. The molecule has 1 heterocycles. The zero-order chi connectivity index (χ0) is 18.5. The lowest BCUT2D eigenvalue weighted by Gasteiger charge is -2.12. The van der Waals surface area contributed by atoms with Crippen LogP contribution in [0.1, 0.15) is 17.9 Å². The van der Waals surface area contributed by atoms with E-state index in [1.807, 2.05) is 0 Å².